The predicted octanol–water partition coefficient (Wildman–Crippen LogP) is 34.3. The zero-order valence-electron chi connectivity index (χ0n) is 72.9. The van der Waals surface area contributed by atoms with Gasteiger partial charge in [-0.25, -0.2) is 0 Å². The molecule has 0 fully saturated rings. The minimum atomic E-state index is 0.914. The second-order valence-electron chi connectivity index (χ2n) is 35.2. The standard InChI is InChI=1S/3C42H26N2O/c1-2-13-28(14-3-1)43-35-21-7-4-17-33(35)40-37(43)24-25-38-41(40)34-18-5-8-22-36(34)44(38)29-15-10-12-27(26-29)30-19-11-20-32-31-16-6-9-23-39(31)45-42(30)32;1-2-12-29(13-3-1)43-35-18-7-4-16-32(35)41-37(43)22-23-38-42(41)33-17-5-8-19-36(33)44(38)30-14-10-11-27(25-30)28-21-24-40-34(26-28)31-15-6-9-20-39(31)45-40;1-2-10-29(11-3-1)43-35-15-7-4-13-32(35)41-37(43)23-24-38-42(41)33-14-5-8-16-36(33)44(38)30-21-18-27(19-22-30)28-20-25-40-34(26-28)31-12-6-9-17-39(31)45-40/h3*1-26H. The number of para-hydroxylation sites is 13. The van der Waals surface area contributed by atoms with Crippen molar-refractivity contribution >= 4 is 197 Å². The molecular formula is C126H78N6O3. The maximum atomic E-state index is 6.43. The lowest BCUT2D eigenvalue weighted by Crippen LogP contribution is -1.95. The highest BCUT2D eigenvalue weighted by Crippen LogP contribution is 2.49. The average molecular weight is 1720 g/mol. The van der Waals surface area contributed by atoms with E-state index in [0.717, 1.165) is 94.0 Å². The lowest BCUT2D eigenvalue weighted by molar-refractivity contribution is 0.668. The number of nitrogens with zero attached hydrogens (tertiary/aromatic N) is 6. The SMILES string of the molecule is c1ccc(-n2c3ccccc3c3c4c5ccccc5n(-c5ccc(-c6ccc7oc8ccccc8c7c6)cc5)c4ccc32)cc1.c1ccc(-n2c3ccccc3c3c4c5ccccc5n(-c5cccc(-c6ccc7oc8ccccc8c7c6)c5)c4ccc32)cc1.c1ccc(-n2c3ccccc3c3c4c5ccccc5n(-c5cccc(-c6cccc7c6oc6ccccc67)c5)c4ccc32)cc1. The van der Waals surface area contributed by atoms with Crippen LogP contribution in [0.2, 0.25) is 0 Å². The highest BCUT2D eigenvalue weighted by molar-refractivity contribution is 6.32. The van der Waals surface area contributed by atoms with Crippen molar-refractivity contribution in [1.29, 1.82) is 0 Å². The molecule has 9 aromatic heterocycles. The molecule has 0 aliphatic carbocycles. The van der Waals surface area contributed by atoms with Crippen molar-refractivity contribution in [3.05, 3.63) is 473 Å². The molecule has 630 valence electrons. The van der Waals surface area contributed by atoms with Crippen molar-refractivity contribution in [3.63, 3.8) is 0 Å². The number of hydrogen-bond donors (Lipinski definition) is 0. The molecule has 9 heterocycles. The monoisotopic (exact) mass is 1720 g/mol. The van der Waals surface area contributed by atoms with Crippen LogP contribution in [0.3, 0.4) is 0 Å². The normalized spacial score (nSPS) is 12.0. The summed E-state index contributed by atoms with van der Waals surface area (Å²) < 4.78 is 33.0. The van der Waals surface area contributed by atoms with Crippen LogP contribution in [0.15, 0.2) is 486 Å². The summed E-state index contributed by atoms with van der Waals surface area (Å²) in [6, 6.07) is 169. The fraction of sp³-hybridized carbons (Fsp3) is 0. The molecule has 0 aliphatic rings. The molecule has 135 heavy (non-hydrogen) atoms. The fourth-order valence-electron chi connectivity index (χ4n) is 22.2. The lowest BCUT2D eigenvalue weighted by Gasteiger charge is -2.11. The van der Waals surface area contributed by atoms with Gasteiger partial charge in [0, 0.05) is 137 Å². The Labute approximate surface area is 772 Å². The first-order valence-electron chi connectivity index (χ1n) is 46.1. The van der Waals surface area contributed by atoms with Gasteiger partial charge in [-0.1, -0.05) is 285 Å². The van der Waals surface area contributed by atoms with E-state index in [1.54, 1.807) is 0 Å². The Morgan fingerprint density at radius 1 is 0.126 bits per heavy atom. The van der Waals surface area contributed by atoms with Crippen molar-refractivity contribution in [2.75, 3.05) is 0 Å². The van der Waals surface area contributed by atoms with Crippen LogP contribution in [0, 0.1) is 0 Å². The quantitative estimate of drug-likeness (QED) is 0.145. The zero-order chi connectivity index (χ0) is 88.5. The number of hydrogen-bond acceptors (Lipinski definition) is 3. The molecule has 0 bridgehead atoms. The Morgan fingerprint density at radius 3 is 0.741 bits per heavy atom. The predicted molar refractivity (Wildman–Crippen MR) is 564 cm³/mol. The number of benzene rings is 21. The van der Waals surface area contributed by atoms with E-state index in [2.05, 4.69) is 464 Å². The van der Waals surface area contributed by atoms with Crippen molar-refractivity contribution in [2.24, 2.45) is 0 Å². The van der Waals surface area contributed by atoms with E-state index in [1.807, 2.05) is 36.4 Å². The van der Waals surface area contributed by atoms with Gasteiger partial charge in [-0.15, -0.1) is 0 Å². The van der Waals surface area contributed by atoms with Crippen LogP contribution in [-0.2, 0) is 0 Å². The molecule has 0 unspecified atom stereocenters. The van der Waals surface area contributed by atoms with Gasteiger partial charge < -0.3 is 40.7 Å². The first-order valence-corrected chi connectivity index (χ1v) is 46.1. The maximum absolute atomic E-state index is 6.43. The van der Waals surface area contributed by atoms with Crippen LogP contribution in [0.5, 0.6) is 0 Å². The average Bonchev–Trinajstić information content (AvgIpc) is 1.55. The van der Waals surface area contributed by atoms with Gasteiger partial charge in [0.1, 0.15) is 33.5 Å². The van der Waals surface area contributed by atoms with E-state index >= 15 is 0 Å². The van der Waals surface area contributed by atoms with E-state index in [9.17, 15) is 0 Å². The Morgan fingerprint density at radius 2 is 0.370 bits per heavy atom. The molecule has 0 amide bonds. The number of fused-ring (bicyclic) bond motifs is 30. The zero-order valence-corrected chi connectivity index (χ0v) is 72.9. The summed E-state index contributed by atoms with van der Waals surface area (Å²) in [5.74, 6) is 0. The van der Waals surface area contributed by atoms with Crippen molar-refractivity contribution in [1.82, 2.24) is 27.4 Å². The summed E-state index contributed by atoms with van der Waals surface area (Å²) in [5.41, 5.74) is 33.8. The molecule has 30 rings (SSSR count). The Balaban J connectivity index is 0.000000101. The third-order valence-electron chi connectivity index (χ3n) is 27.9. The molecule has 0 saturated carbocycles. The van der Waals surface area contributed by atoms with Gasteiger partial charge in [0.15, 0.2) is 0 Å². The van der Waals surface area contributed by atoms with Crippen LogP contribution in [0.25, 0.3) is 264 Å². The molecule has 0 saturated heterocycles. The Hall–Kier alpha value is -18.2. The first kappa shape index (κ1) is 75.8. The molecule has 0 atom stereocenters. The summed E-state index contributed by atoms with van der Waals surface area (Å²) >= 11 is 0. The van der Waals surface area contributed by atoms with Crippen molar-refractivity contribution in [3.8, 4) is 67.5 Å². The van der Waals surface area contributed by atoms with Gasteiger partial charge in [0.25, 0.3) is 0 Å². The van der Waals surface area contributed by atoms with Crippen molar-refractivity contribution in [2.45, 2.75) is 0 Å². The minimum Gasteiger partial charge on any atom is -0.456 e. The smallest absolute Gasteiger partial charge is 0.143 e. The first-order chi connectivity index (χ1) is 67.0. The Kier molecular flexibility index (Phi) is 17.0. The van der Waals surface area contributed by atoms with Crippen LogP contribution in [-0.4, -0.2) is 27.4 Å². The molecule has 9 nitrogen and oxygen atoms in total. The molecular weight excluding hydrogens is 1650 g/mol. The molecule has 21 aromatic carbocycles. The van der Waals surface area contributed by atoms with Gasteiger partial charge in [-0.3, -0.25) is 0 Å². The number of furan rings is 3. The highest BCUT2D eigenvalue weighted by Gasteiger charge is 2.27. The molecule has 0 aliphatic heterocycles. The van der Waals surface area contributed by atoms with E-state index in [1.165, 1.54) is 170 Å². The van der Waals surface area contributed by atoms with E-state index in [4.69, 9.17) is 13.3 Å². The molecule has 9 heteroatoms. The van der Waals surface area contributed by atoms with E-state index in [-0.39, 0.29) is 0 Å². The minimum absolute atomic E-state index is 0.914. The molecule has 0 N–H and O–H groups in total. The summed E-state index contributed by atoms with van der Waals surface area (Å²) in [5, 5.41) is 22.1. The van der Waals surface area contributed by atoms with Gasteiger partial charge >= 0.3 is 0 Å². The Bertz CT molecular complexity index is 10100. The lowest BCUT2D eigenvalue weighted by atomic mass is 10.0. The number of rotatable bonds is 9. The molecule has 30 aromatic rings. The van der Waals surface area contributed by atoms with Crippen LogP contribution in [0.4, 0.5) is 0 Å². The summed E-state index contributed by atoms with van der Waals surface area (Å²) in [6.07, 6.45) is 0. The second kappa shape index (κ2) is 30.2. The van der Waals surface area contributed by atoms with Gasteiger partial charge in [0.05, 0.1) is 66.2 Å². The van der Waals surface area contributed by atoms with E-state index in [0.29, 0.717) is 0 Å². The van der Waals surface area contributed by atoms with Gasteiger partial charge in [-0.05, 0) is 216 Å². The number of aromatic nitrogens is 6. The van der Waals surface area contributed by atoms with E-state index < -0.39 is 0 Å². The summed E-state index contributed by atoms with van der Waals surface area (Å²) in [7, 11) is 0. The van der Waals surface area contributed by atoms with Crippen LogP contribution >= 0.6 is 0 Å². The fourth-order valence-corrected chi connectivity index (χ4v) is 22.2. The maximum Gasteiger partial charge on any atom is 0.143 e. The third kappa shape index (κ3) is 11.7. The highest BCUT2D eigenvalue weighted by atomic mass is 16.3. The molecule has 0 radical (unpaired) electrons. The third-order valence-corrected chi connectivity index (χ3v) is 27.9. The van der Waals surface area contributed by atoms with Crippen LogP contribution < -0.4 is 0 Å². The van der Waals surface area contributed by atoms with Crippen LogP contribution in [0.1, 0.15) is 0 Å². The second-order valence-corrected chi connectivity index (χ2v) is 35.2. The summed E-state index contributed by atoms with van der Waals surface area (Å²) in [4.78, 5) is 0. The van der Waals surface area contributed by atoms with Gasteiger partial charge in [0.2, 0.25) is 0 Å². The largest absolute Gasteiger partial charge is 0.456 e. The summed E-state index contributed by atoms with van der Waals surface area (Å²) in [6.45, 7) is 0. The topological polar surface area (TPSA) is 69.0 Å². The van der Waals surface area contributed by atoms with Gasteiger partial charge in [-0.2, -0.15) is 0 Å². The van der Waals surface area contributed by atoms with Crippen molar-refractivity contribution < 1.29 is 13.3 Å². The molecule has 0 spiro atoms.